The minimum Gasteiger partial charge on any atom is -0.326 e. The van der Waals surface area contributed by atoms with Crippen LogP contribution >= 0.6 is 0 Å². The lowest BCUT2D eigenvalue weighted by molar-refractivity contribution is -0.120. The summed E-state index contributed by atoms with van der Waals surface area (Å²) in [4.78, 5) is 13.0. The fraction of sp³-hybridized carbons (Fsp3) is 0.571. The van der Waals surface area contributed by atoms with Crippen LogP contribution in [0.15, 0.2) is 35.2 Å². The lowest BCUT2D eigenvalue weighted by Crippen LogP contribution is -2.32. The fourth-order valence-corrected chi connectivity index (χ4v) is 6.46. The van der Waals surface area contributed by atoms with Crippen molar-refractivity contribution in [2.24, 2.45) is 17.8 Å². The van der Waals surface area contributed by atoms with Gasteiger partial charge in [0.05, 0.1) is 4.90 Å². The molecule has 4 rings (SSSR count). The monoisotopic (exact) mass is 388 g/mol. The Morgan fingerprint density at radius 3 is 2.44 bits per heavy atom. The fourth-order valence-electron chi connectivity index (χ4n) is 4.69. The molecule has 1 aromatic carbocycles. The Balaban J connectivity index is 1.54. The molecular weight excluding hydrogens is 360 g/mol. The minimum atomic E-state index is -3.53. The molecule has 2 bridgehead atoms. The van der Waals surface area contributed by atoms with Crippen LogP contribution in [0.1, 0.15) is 44.1 Å². The minimum absolute atomic E-state index is 0.00645. The van der Waals surface area contributed by atoms with Crippen molar-refractivity contribution in [3.63, 3.8) is 0 Å². The average molecular weight is 389 g/mol. The second kappa shape index (κ2) is 7.40. The maximum Gasteiger partial charge on any atom is 0.243 e. The van der Waals surface area contributed by atoms with E-state index in [1.165, 1.54) is 0 Å². The summed E-state index contributed by atoms with van der Waals surface area (Å²) in [7, 11) is -3.53. The number of anilines is 1. The lowest BCUT2D eigenvalue weighted by Gasteiger charge is -2.22. The zero-order chi connectivity index (χ0) is 19.0. The van der Waals surface area contributed by atoms with Crippen LogP contribution < -0.4 is 5.32 Å². The molecule has 27 heavy (non-hydrogen) atoms. The number of carbonyl (C=O) groups excluding carboxylic acids is 1. The highest BCUT2D eigenvalue weighted by atomic mass is 32.2. The second-order valence-electron chi connectivity index (χ2n) is 8.17. The number of amides is 1. The average Bonchev–Trinajstić information content (AvgIpc) is 3.17. The van der Waals surface area contributed by atoms with Crippen LogP contribution in [0, 0.1) is 24.7 Å². The molecule has 0 radical (unpaired) electrons. The van der Waals surface area contributed by atoms with Gasteiger partial charge in [0, 0.05) is 24.7 Å². The molecule has 146 valence electrons. The molecule has 0 aromatic heterocycles. The molecule has 3 atom stereocenters. The number of hydrogen-bond acceptors (Lipinski definition) is 3. The van der Waals surface area contributed by atoms with E-state index in [2.05, 4.69) is 17.5 Å². The number of allylic oxidation sites excluding steroid dienone is 2. The third kappa shape index (κ3) is 3.69. The molecule has 1 aromatic rings. The van der Waals surface area contributed by atoms with Gasteiger partial charge >= 0.3 is 0 Å². The number of hydrogen-bond donors (Lipinski definition) is 1. The molecule has 1 aliphatic heterocycles. The Morgan fingerprint density at radius 1 is 1.07 bits per heavy atom. The van der Waals surface area contributed by atoms with Crippen molar-refractivity contribution in [2.45, 2.75) is 50.3 Å². The maximum atomic E-state index is 13.2. The predicted octanol–water partition coefficient (Wildman–Crippen LogP) is 3.71. The van der Waals surface area contributed by atoms with Crippen molar-refractivity contribution in [1.82, 2.24) is 4.31 Å². The van der Waals surface area contributed by atoms with Gasteiger partial charge in [-0.2, -0.15) is 4.31 Å². The Bertz CT molecular complexity index is 854. The number of nitrogens with zero attached hydrogens (tertiary/aromatic N) is 1. The Kier molecular flexibility index (Phi) is 5.12. The third-order valence-corrected chi connectivity index (χ3v) is 8.29. The van der Waals surface area contributed by atoms with Gasteiger partial charge in [-0.15, -0.1) is 0 Å². The largest absolute Gasteiger partial charge is 0.326 e. The molecule has 1 heterocycles. The van der Waals surface area contributed by atoms with Crippen LogP contribution in [0.2, 0.25) is 0 Å². The van der Waals surface area contributed by atoms with Gasteiger partial charge in [0.25, 0.3) is 0 Å². The van der Waals surface area contributed by atoms with Gasteiger partial charge in [-0.05, 0) is 62.1 Å². The van der Waals surface area contributed by atoms with Crippen molar-refractivity contribution in [3.05, 3.63) is 35.9 Å². The maximum absolute atomic E-state index is 13.2. The summed E-state index contributed by atoms with van der Waals surface area (Å²) in [5.41, 5.74) is 1.30. The smallest absolute Gasteiger partial charge is 0.243 e. The summed E-state index contributed by atoms with van der Waals surface area (Å²) in [5, 5.41) is 2.97. The zero-order valence-electron chi connectivity index (χ0n) is 15.9. The number of benzene rings is 1. The van der Waals surface area contributed by atoms with Crippen LogP contribution in [0.3, 0.4) is 0 Å². The van der Waals surface area contributed by atoms with Crippen LogP contribution in [0.5, 0.6) is 0 Å². The van der Waals surface area contributed by atoms with E-state index < -0.39 is 10.0 Å². The lowest BCUT2D eigenvalue weighted by atomic mass is 9.93. The Labute approximate surface area is 161 Å². The summed E-state index contributed by atoms with van der Waals surface area (Å²) in [6, 6.07) is 5.23. The van der Waals surface area contributed by atoms with Crippen molar-refractivity contribution in [1.29, 1.82) is 0 Å². The van der Waals surface area contributed by atoms with E-state index in [0.717, 1.165) is 44.1 Å². The topological polar surface area (TPSA) is 66.5 Å². The highest BCUT2D eigenvalue weighted by Gasteiger charge is 2.39. The van der Waals surface area contributed by atoms with Gasteiger partial charge < -0.3 is 5.32 Å². The van der Waals surface area contributed by atoms with Crippen LogP contribution in [-0.4, -0.2) is 31.7 Å². The molecule has 1 amide bonds. The summed E-state index contributed by atoms with van der Waals surface area (Å²) >= 11 is 0. The first-order chi connectivity index (χ1) is 12.9. The highest BCUT2D eigenvalue weighted by molar-refractivity contribution is 7.89. The zero-order valence-corrected chi connectivity index (χ0v) is 16.7. The molecule has 1 saturated carbocycles. The van der Waals surface area contributed by atoms with E-state index in [1.807, 2.05) is 6.92 Å². The van der Waals surface area contributed by atoms with Gasteiger partial charge in [0.2, 0.25) is 15.9 Å². The van der Waals surface area contributed by atoms with Gasteiger partial charge in [0.15, 0.2) is 0 Å². The standard InChI is InChI=1S/C21H28N2O3S/c1-15-6-9-18(22-21(24)19-13-16-7-8-17(19)12-16)14-20(15)27(25,26)23-10-4-2-3-5-11-23/h6-9,14,16-17,19H,2-5,10-13H2,1H3,(H,22,24). The molecule has 0 spiro atoms. The third-order valence-electron chi connectivity index (χ3n) is 6.25. The SMILES string of the molecule is Cc1ccc(NC(=O)C2CC3C=CC2C3)cc1S(=O)(=O)N1CCCCCC1. The molecular formula is C21H28N2O3S. The Hall–Kier alpha value is -1.66. The molecule has 3 aliphatic rings. The molecule has 6 heteroatoms. The van der Waals surface area contributed by atoms with Crippen molar-refractivity contribution < 1.29 is 13.2 Å². The first-order valence-corrected chi connectivity index (χ1v) is 11.5. The molecule has 5 nitrogen and oxygen atoms in total. The number of nitrogens with one attached hydrogen (secondary N) is 1. The van der Waals surface area contributed by atoms with Crippen molar-refractivity contribution in [3.8, 4) is 0 Å². The van der Waals surface area contributed by atoms with Crippen LogP contribution in [-0.2, 0) is 14.8 Å². The van der Waals surface area contributed by atoms with E-state index in [9.17, 15) is 13.2 Å². The van der Waals surface area contributed by atoms with Crippen molar-refractivity contribution in [2.75, 3.05) is 18.4 Å². The van der Waals surface area contributed by atoms with Crippen LogP contribution in [0.25, 0.3) is 0 Å². The summed E-state index contributed by atoms with van der Waals surface area (Å²) in [6.07, 6.45) is 10.3. The van der Waals surface area contributed by atoms with Gasteiger partial charge in [0.1, 0.15) is 0 Å². The Morgan fingerprint density at radius 2 is 1.81 bits per heavy atom. The van der Waals surface area contributed by atoms with E-state index in [1.54, 1.807) is 22.5 Å². The number of carbonyl (C=O) groups is 1. The van der Waals surface area contributed by atoms with E-state index >= 15 is 0 Å². The van der Waals surface area contributed by atoms with Gasteiger partial charge in [-0.25, -0.2) is 8.42 Å². The highest BCUT2D eigenvalue weighted by Crippen LogP contribution is 2.43. The molecule has 3 unspecified atom stereocenters. The first kappa shape index (κ1) is 18.7. The predicted molar refractivity (Wildman–Crippen MR) is 106 cm³/mol. The van der Waals surface area contributed by atoms with E-state index in [-0.39, 0.29) is 11.8 Å². The summed E-state index contributed by atoms with van der Waals surface area (Å²) in [5.74, 6) is 0.879. The molecule has 2 aliphatic carbocycles. The van der Waals surface area contributed by atoms with Gasteiger partial charge in [-0.1, -0.05) is 31.1 Å². The second-order valence-corrected chi connectivity index (χ2v) is 10.1. The van der Waals surface area contributed by atoms with Crippen molar-refractivity contribution >= 4 is 21.6 Å². The quantitative estimate of drug-likeness (QED) is 0.800. The van der Waals surface area contributed by atoms with E-state index in [0.29, 0.717) is 35.5 Å². The summed E-state index contributed by atoms with van der Waals surface area (Å²) in [6.45, 7) is 2.97. The molecule has 2 fully saturated rings. The molecule has 1 N–H and O–H groups in total. The number of fused-ring (bicyclic) bond motifs is 2. The number of aryl methyl sites for hydroxylation is 1. The summed E-state index contributed by atoms with van der Waals surface area (Å²) < 4.78 is 27.9. The normalized spacial score (nSPS) is 28.3. The first-order valence-electron chi connectivity index (χ1n) is 10.0. The number of sulfonamides is 1. The molecule has 1 saturated heterocycles. The van der Waals surface area contributed by atoms with Crippen LogP contribution in [0.4, 0.5) is 5.69 Å². The van der Waals surface area contributed by atoms with Gasteiger partial charge in [-0.3, -0.25) is 4.79 Å². The van der Waals surface area contributed by atoms with E-state index in [4.69, 9.17) is 0 Å². The number of rotatable bonds is 4.